The van der Waals surface area contributed by atoms with Crippen LogP contribution in [-0.2, 0) is 32.0 Å². The number of aliphatic carboxylic acids is 1. The normalized spacial score (nSPS) is 17.6. The SMILES string of the molecule is CC(C)C(NC(=O)C(N)Cc1cnc[nH]1)C(=O)NC(Cc1c[nH]c2ccccc12)C(=O)N1CCCC1C(=O)O. The summed E-state index contributed by atoms with van der Waals surface area (Å²) in [6.07, 6.45) is 6.13. The number of imidazole rings is 1. The molecule has 4 atom stereocenters. The summed E-state index contributed by atoms with van der Waals surface area (Å²) in [5.74, 6) is -2.91. The molecular weight excluding hydrogens is 502 g/mol. The number of nitrogens with two attached hydrogens (primary N) is 1. The lowest BCUT2D eigenvalue weighted by Gasteiger charge is -2.30. The van der Waals surface area contributed by atoms with Crippen LogP contribution in [0.4, 0.5) is 0 Å². The minimum Gasteiger partial charge on any atom is -0.480 e. The highest BCUT2D eigenvalue weighted by Gasteiger charge is 2.39. The minimum absolute atomic E-state index is 0.148. The number of carbonyl (C=O) groups excluding carboxylic acids is 3. The van der Waals surface area contributed by atoms with Crippen molar-refractivity contribution in [2.75, 3.05) is 6.54 Å². The van der Waals surface area contributed by atoms with E-state index >= 15 is 0 Å². The molecule has 4 rings (SSSR count). The molecule has 1 aliphatic heterocycles. The number of aromatic amines is 2. The molecule has 0 spiro atoms. The molecule has 39 heavy (non-hydrogen) atoms. The van der Waals surface area contributed by atoms with Crippen LogP contribution in [0.15, 0.2) is 43.0 Å². The number of benzene rings is 1. The Balaban J connectivity index is 1.54. The number of carboxylic acid groups (broad SMARTS) is 1. The van der Waals surface area contributed by atoms with E-state index in [4.69, 9.17) is 5.73 Å². The molecular formula is C27H35N7O5. The first-order valence-corrected chi connectivity index (χ1v) is 13.1. The van der Waals surface area contributed by atoms with Crippen LogP contribution in [0.5, 0.6) is 0 Å². The van der Waals surface area contributed by atoms with Gasteiger partial charge in [0, 0.05) is 48.4 Å². The third-order valence-corrected chi connectivity index (χ3v) is 7.11. The van der Waals surface area contributed by atoms with Crippen molar-refractivity contribution in [2.45, 2.75) is 63.7 Å². The van der Waals surface area contributed by atoms with Gasteiger partial charge < -0.3 is 36.3 Å². The van der Waals surface area contributed by atoms with Crippen LogP contribution in [0.1, 0.15) is 37.9 Å². The zero-order chi connectivity index (χ0) is 28.1. The molecule has 3 heterocycles. The monoisotopic (exact) mass is 537 g/mol. The van der Waals surface area contributed by atoms with Crippen LogP contribution >= 0.6 is 0 Å². The van der Waals surface area contributed by atoms with Gasteiger partial charge in [-0.25, -0.2) is 9.78 Å². The summed E-state index contributed by atoms with van der Waals surface area (Å²) in [7, 11) is 0. The van der Waals surface area contributed by atoms with Crippen molar-refractivity contribution in [3.8, 4) is 0 Å². The lowest BCUT2D eigenvalue weighted by atomic mass is 9.99. The Bertz CT molecular complexity index is 1320. The summed E-state index contributed by atoms with van der Waals surface area (Å²) < 4.78 is 0. The van der Waals surface area contributed by atoms with Crippen molar-refractivity contribution in [1.29, 1.82) is 0 Å². The first-order chi connectivity index (χ1) is 18.7. The number of hydrogen-bond acceptors (Lipinski definition) is 6. The van der Waals surface area contributed by atoms with Gasteiger partial charge in [0.15, 0.2) is 0 Å². The first-order valence-electron chi connectivity index (χ1n) is 13.1. The quantitative estimate of drug-likeness (QED) is 0.208. The Morgan fingerprint density at radius 1 is 1.13 bits per heavy atom. The predicted octanol–water partition coefficient (Wildman–Crippen LogP) is 0.705. The van der Waals surface area contributed by atoms with Crippen molar-refractivity contribution >= 4 is 34.6 Å². The summed E-state index contributed by atoms with van der Waals surface area (Å²) in [5, 5.41) is 16.1. The molecule has 12 nitrogen and oxygen atoms in total. The molecule has 3 aromatic rings. The number of carbonyl (C=O) groups is 4. The lowest BCUT2D eigenvalue weighted by molar-refractivity contribution is -0.149. The van der Waals surface area contributed by atoms with Gasteiger partial charge in [0.2, 0.25) is 17.7 Å². The summed E-state index contributed by atoms with van der Waals surface area (Å²) >= 11 is 0. The van der Waals surface area contributed by atoms with E-state index in [-0.39, 0.29) is 18.8 Å². The summed E-state index contributed by atoms with van der Waals surface area (Å²) in [4.78, 5) is 63.1. The Hall–Kier alpha value is -4.19. The van der Waals surface area contributed by atoms with E-state index in [0.29, 0.717) is 25.1 Å². The molecule has 0 saturated carbocycles. The maximum atomic E-state index is 13.7. The second-order valence-electron chi connectivity index (χ2n) is 10.3. The average molecular weight is 538 g/mol. The van der Waals surface area contributed by atoms with E-state index in [1.165, 1.54) is 11.2 Å². The molecule has 7 N–H and O–H groups in total. The van der Waals surface area contributed by atoms with E-state index in [9.17, 15) is 24.3 Å². The number of amides is 3. The Morgan fingerprint density at radius 2 is 1.90 bits per heavy atom. The number of rotatable bonds is 11. The third kappa shape index (κ3) is 6.45. The number of aromatic nitrogens is 3. The second-order valence-corrected chi connectivity index (χ2v) is 10.3. The smallest absolute Gasteiger partial charge is 0.326 e. The Kier molecular flexibility index (Phi) is 8.65. The molecule has 1 aliphatic rings. The number of fused-ring (bicyclic) bond motifs is 1. The van der Waals surface area contributed by atoms with E-state index < -0.39 is 47.9 Å². The maximum Gasteiger partial charge on any atom is 0.326 e. The van der Waals surface area contributed by atoms with Gasteiger partial charge in [-0.3, -0.25) is 14.4 Å². The molecule has 3 amide bonds. The standard InChI is InChI=1S/C27H35N7O5/c1-15(2)23(33-24(35)19(28)11-17-13-29-14-31-17)25(36)32-21(26(37)34-9-5-8-22(34)27(38)39)10-16-12-30-20-7-4-3-6-18(16)20/h3-4,6-7,12-15,19,21-23,30H,5,8-11,28H2,1-2H3,(H,29,31)(H,32,36)(H,33,35)(H,38,39). The molecule has 1 fully saturated rings. The van der Waals surface area contributed by atoms with E-state index in [1.807, 2.05) is 24.3 Å². The molecule has 1 aromatic carbocycles. The summed E-state index contributed by atoms with van der Waals surface area (Å²) in [6, 6.07) is 3.75. The highest BCUT2D eigenvalue weighted by molar-refractivity contribution is 5.95. The highest BCUT2D eigenvalue weighted by atomic mass is 16.4. The molecule has 2 aromatic heterocycles. The van der Waals surface area contributed by atoms with Crippen LogP contribution in [0.2, 0.25) is 0 Å². The second kappa shape index (κ2) is 12.1. The molecule has 12 heteroatoms. The van der Waals surface area contributed by atoms with Crippen molar-refractivity contribution in [2.24, 2.45) is 11.7 Å². The van der Waals surface area contributed by atoms with Crippen LogP contribution < -0.4 is 16.4 Å². The maximum absolute atomic E-state index is 13.7. The van der Waals surface area contributed by atoms with Gasteiger partial charge in [0.05, 0.1) is 12.4 Å². The van der Waals surface area contributed by atoms with Crippen LogP contribution in [0.25, 0.3) is 10.9 Å². The van der Waals surface area contributed by atoms with Gasteiger partial charge in [0.25, 0.3) is 0 Å². The zero-order valence-electron chi connectivity index (χ0n) is 22.0. The summed E-state index contributed by atoms with van der Waals surface area (Å²) in [5.41, 5.74) is 8.44. The van der Waals surface area contributed by atoms with Crippen molar-refractivity contribution < 1.29 is 24.3 Å². The van der Waals surface area contributed by atoms with Crippen LogP contribution in [0.3, 0.4) is 0 Å². The van der Waals surface area contributed by atoms with Gasteiger partial charge in [-0.05, 0) is 30.4 Å². The largest absolute Gasteiger partial charge is 0.480 e. The topological polar surface area (TPSA) is 186 Å². The van der Waals surface area contributed by atoms with Gasteiger partial charge >= 0.3 is 5.97 Å². The van der Waals surface area contributed by atoms with Crippen molar-refractivity contribution in [3.63, 3.8) is 0 Å². The number of carboxylic acids is 1. The number of nitrogens with zero attached hydrogens (tertiary/aromatic N) is 2. The van der Waals surface area contributed by atoms with Gasteiger partial charge in [-0.1, -0.05) is 32.0 Å². The molecule has 208 valence electrons. The number of H-pyrrole nitrogens is 2. The van der Waals surface area contributed by atoms with E-state index in [0.717, 1.165) is 16.5 Å². The number of nitrogens with one attached hydrogen (secondary N) is 4. The Labute approximate surface area is 225 Å². The van der Waals surface area contributed by atoms with Gasteiger partial charge in [0.1, 0.15) is 18.1 Å². The molecule has 0 bridgehead atoms. The van der Waals surface area contributed by atoms with Crippen molar-refractivity contribution in [1.82, 2.24) is 30.5 Å². The van der Waals surface area contributed by atoms with Gasteiger partial charge in [-0.2, -0.15) is 0 Å². The summed E-state index contributed by atoms with van der Waals surface area (Å²) in [6.45, 7) is 3.85. The first kappa shape index (κ1) is 27.8. The van der Waals surface area contributed by atoms with Crippen molar-refractivity contribution in [3.05, 3.63) is 54.2 Å². The predicted molar refractivity (Wildman–Crippen MR) is 143 cm³/mol. The van der Waals surface area contributed by atoms with E-state index in [1.54, 1.807) is 26.2 Å². The molecule has 4 unspecified atom stereocenters. The lowest BCUT2D eigenvalue weighted by Crippen LogP contribution is -2.59. The van der Waals surface area contributed by atoms with E-state index in [2.05, 4.69) is 25.6 Å². The fraction of sp³-hybridized carbons (Fsp3) is 0.444. The number of para-hydroxylation sites is 1. The molecule has 1 saturated heterocycles. The number of likely N-dealkylation sites (tertiary alicyclic amines) is 1. The average Bonchev–Trinajstić information content (AvgIpc) is 3.67. The fourth-order valence-corrected chi connectivity index (χ4v) is 4.99. The Morgan fingerprint density at radius 3 is 2.59 bits per heavy atom. The minimum atomic E-state index is -1.07. The van der Waals surface area contributed by atoms with Gasteiger partial charge in [-0.15, -0.1) is 0 Å². The van der Waals surface area contributed by atoms with Crippen LogP contribution in [-0.4, -0.2) is 79.4 Å². The van der Waals surface area contributed by atoms with Crippen LogP contribution in [0, 0.1) is 5.92 Å². The molecule has 0 aliphatic carbocycles. The highest BCUT2D eigenvalue weighted by Crippen LogP contribution is 2.23. The molecule has 0 radical (unpaired) electrons. The fourth-order valence-electron chi connectivity index (χ4n) is 4.99. The zero-order valence-corrected chi connectivity index (χ0v) is 22.0. The number of hydrogen-bond donors (Lipinski definition) is 6. The third-order valence-electron chi connectivity index (χ3n) is 7.11.